The summed E-state index contributed by atoms with van der Waals surface area (Å²) in [6, 6.07) is 10.9. The number of aromatic nitrogens is 4. The first-order valence-corrected chi connectivity index (χ1v) is 10.4. The summed E-state index contributed by atoms with van der Waals surface area (Å²) in [5, 5.41) is 26.3. The summed E-state index contributed by atoms with van der Waals surface area (Å²) in [7, 11) is 1.82. The number of anilines is 2. The lowest BCUT2D eigenvalue weighted by Gasteiger charge is -2.22. The van der Waals surface area contributed by atoms with Crippen LogP contribution in [0.4, 0.5) is 11.6 Å². The van der Waals surface area contributed by atoms with Gasteiger partial charge in [-0.05, 0) is 42.8 Å². The van der Waals surface area contributed by atoms with Gasteiger partial charge in [0.15, 0.2) is 0 Å². The molecule has 5 rings (SSSR count). The van der Waals surface area contributed by atoms with E-state index in [1.165, 1.54) is 6.33 Å². The molecule has 0 aliphatic heterocycles. The molecule has 1 aromatic carbocycles. The molecule has 1 aliphatic rings. The van der Waals surface area contributed by atoms with Crippen LogP contribution in [0, 0.1) is 0 Å². The van der Waals surface area contributed by atoms with Crippen LogP contribution in [0.1, 0.15) is 13.0 Å². The fraction of sp³-hybridized carbons (Fsp3) is 0.261. The number of nitrogens with zero attached hydrogens (tertiary/aromatic N) is 4. The molecule has 9 heteroatoms. The van der Waals surface area contributed by atoms with Crippen LogP contribution < -0.4 is 15.8 Å². The maximum atomic E-state index is 10.8. The molecule has 0 fully saturated rings. The summed E-state index contributed by atoms with van der Waals surface area (Å²) in [6.45, 7) is 1.85. The number of benzene rings is 1. The normalized spacial score (nSPS) is 21.6. The number of rotatable bonds is 5. The molecule has 4 aromatic rings. The monoisotopic (exact) mass is 432 g/mol. The molecule has 3 unspecified atom stereocenters. The van der Waals surface area contributed by atoms with Crippen LogP contribution in [0.5, 0.6) is 5.75 Å². The fourth-order valence-electron chi connectivity index (χ4n) is 4.21. The van der Waals surface area contributed by atoms with E-state index in [4.69, 9.17) is 10.5 Å². The van der Waals surface area contributed by atoms with Gasteiger partial charge in [0.2, 0.25) is 0 Å². The molecule has 1 aliphatic carbocycles. The first-order valence-electron chi connectivity index (χ1n) is 10.4. The van der Waals surface area contributed by atoms with E-state index in [9.17, 15) is 10.2 Å². The van der Waals surface area contributed by atoms with Gasteiger partial charge in [-0.1, -0.05) is 6.08 Å². The van der Waals surface area contributed by atoms with Crippen molar-refractivity contribution in [2.24, 2.45) is 0 Å². The Bertz CT molecular complexity index is 1330. The van der Waals surface area contributed by atoms with E-state index in [1.807, 2.05) is 50.4 Å². The summed E-state index contributed by atoms with van der Waals surface area (Å²) < 4.78 is 7.91. The van der Waals surface area contributed by atoms with Gasteiger partial charge in [-0.3, -0.25) is 0 Å². The maximum absolute atomic E-state index is 10.8. The maximum Gasteiger partial charge on any atom is 0.146 e. The SMILES string of the molecule is CNc1ccc2ccc(OC(C)C3=CC(n4ccc5c(N)ncnc54)[C@@H](O)C3O)cc2n1. The minimum atomic E-state index is -1.07. The van der Waals surface area contributed by atoms with Crippen molar-refractivity contribution in [3.05, 3.63) is 60.6 Å². The molecule has 0 saturated heterocycles. The van der Waals surface area contributed by atoms with E-state index in [0.29, 0.717) is 28.2 Å². The molecular weight excluding hydrogens is 408 g/mol. The van der Waals surface area contributed by atoms with Gasteiger partial charge >= 0.3 is 0 Å². The highest BCUT2D eigenvalue weighted by Gasteiger charge is 2.39. The van der Waals surface area contributed by atoms with E-state index in [0.717, 1.165) is 16.7 Å². The van der Waals surface area contributed by atoms with Crippen molar-refractivity contribution < 1.29 is 14.9 Å². The summed E-state index contributed by atoms with van der Waals surface area (Å²) in [6.07, 6.45) is 2.43. The van der Waals surface area contributed by atoms with Crippen molar-refractivity contribution in [3.63, 3.8) is 0 Å². The average Bonchev–Trinajstić information content (AvgIpc) is 3.35. The number of pyridine rings is 1. The highest BCUT2D eigenvalue weighted by molar-refractivity contribution is 5.86. The van der Waals surface area contributed by atoms with E-state index >= 15 is 0 Å². The number of ether oxygens (including phenoxy) is 1. The first kappa shape index (κ1) is 20.2. The van der Waals surface area contributed by atoms with Crippen LogP contribution >= 0.6 is 0 Å². The topological polar surface area (TPSA) is 131 Å². The largest absolute Gasteiger partial charge is 0.486 e. The number of aliphatic hydroxyl groups excluding tert-OH is 2. The predicted molar refractivity (Wildman–Crippen MR) is 122 cm³/mol. The van der Waals surface area contributed by atoms with E-state index in [1.54, 1.807) is 16.8 Å². The van der Waals surface area contributed by atoms with Gasteiger partial charge in [-0.2, -0.15) is 0 Å². The summed E-state index contributed by atoms with van der Waals surface area (Å²) in [5.74, 6) is 1.77. The number of fused-ring (bicyclic) bond motifs is 2. The second-order valence-electron chi connectivity index (χ2n) is 7.87. The van der Waals surface area contributed by atoms with E-state index in [2.05, 4.69) is 20.3 Å². The second kappa shape index (κ2) is 7.77. The van der Waals surface area contributed by atoms with Crippen molar-refractivity contribution in [2.45, 2.75) is 31.3 Å². The summed E-state index contributed by atoms with van der Waals surface area (Å²) in [5.41, 5.74) is 7.93. The fourth-order valence-corrected chi connectivity index (χ4v) is 4.21. The third kappa shape index (κ3) is 3.31. The Morgan fingerprint density at radius 1 is 1.16 bits per heavy atom. The van der Waals surface area contributed by atoms with Crippen molar-refractivity contribution in [3.8, 4) is 5.75 Å². The molecule has 9 nitrogen and oxygen atoms in total. The van der Waals surface area contributed by atoms with Gasteiger partial charge in [0.05, 0.1) is 16.9 Å². The zero-order chi connectivity index (χ0) is 22.4. The third-order valence-electron chi connectivity index (χ3n) is 5.94. The van der Waals surface area contributed by atoms with Crippen LogP contribution in [-0.4, -0.2) is 55.1 Å². The number of nitrogen functional groups attached to an aromatic ring is 1. The van der Waals surface area contributed by atoms with E-state index < -0.39 is 24.4 Å². The van der Waals surface area contributed by atoms with Gasteiger partial charge in [0.25, 0.3) is 0 Å². The Kier molecular flexibility index (Phi) is 4.91. The molecule has 0 saturated carbocycles. The molecule has 0 amide bonds. The summed E-state index contributed by atoms with van der Waals surface area (Å²) >= 11 is 0. The molecule has 4 atom stereocenters. The van der Waals surface area contributed by atoms with Crippen LogP contribution in [0.15, 0.2) is 60.6 Å². The lowest BCUT2D eigenvalue weighted by Crippen LogP contribution is -2.32. The number of hydrogen-bond donors (Lipinski definition) is 4. The zero-order valence-corrected chi connectivity index (χ0v) is 17.7. The van der Waals surface area contributed by atoms with Gasteiger partial charge in [0.1, 0.15) is 47.7 Å². The Morgan fingerprint density at radius 2 is 1.97 bits per heavy atom. The predicted octanol–water partition coefficient (Wildman–Crippen LogP) is 2.27. The van der Waals surface area contributed by atoms with Crippen LogP contribution in [0.3, 0.4) is 0 Å². The number of nitrogens with one attached hydrogen (secondary N) is 1. The number of hydrogen-bond acceptors (Lipinski definition) is 8. The molecular formula is C23H24N6O3. The quantitative estimate of drug-likeness (QED) is 0.353. The van der Waals surface area contributed by atoms with Crippen molar-refractivity contribution in [1.29, 1.82) is 0 Å². The Balaban J connectivity index is 1.43. The van der Waals surface area contributed by atoms with Gasteiger partial charge < -0.3 is 30.6 Å². The number of nitrogens with two attached hydrogens (primary N) is 1. The minimum Gasteiger partial charge on any atom is -0.486 e. The molecule has 32 heavy (non-hydrogen) atoms. The van der Waals surface area contributed by atoms with Crippen LogP contribution in [0.25, 0.3) is 21.9 Å². The van der Waals surface area contributed by atoms with Crippen LogP contribution in [-0.2, 0) is 0 Å². The average molecular weight is 432 g/mol. The Hall–Kier alpha value is -3.69. The molecule has 5 N–H and O–H groups in total. The zero-order valence-electron chi connectivity index (χ0n) is 17.7. The molecule has 0 spiro atoms. The van der Waals surface area contributed by atoms with Crippen molar-refractivity contribution >= 4 is 33.6 Å². The lowest BCUT2D eigenvalue weighted by atomic mass is 10.1. The minimum absolute atomic E-state index is 0.369. The number of aliphatic hydroxyl groups is 2. The summed E-state index contributed by atoms with van der Waals surface area (Å²) in [4.78, 5) is 12.8. The van der Waals surface area contributed by atoms with Gasteiger partial charge in [-0.15, -0.1) is 0 Å². The van der Waals surface area contributed by atoms with Gasteiger partial charge in [0, 0.05) is 24.7 Å². The Morgan fingerprint density at radius 3 is 2.78 bits per heavy atom. The van der Waals surface area contributed by atoms with E-state index in [-0.39, 0.29) is 0 Å². The molecule has 164 valence electrons. The third-order valence-corrected chi connectivity index (χ3v) is 5.94. The second-order valence-corrected chi connectivity index (χ2v) is 7.87. The first-order chi connectivity index (χ1) is 15.5. The Labute approximate surface area is 184 Å². The smallest absolute Gasteiger partial charge is 0.146 e. The van der Waals surface area contributed by atoms with Crippen molar-refractivity contribution in [2.75, 3.05) is 18.1 Å². The molecule has 0 radical (unpaired) electrons. The lowest BCUT2D eigenvalue weighted by molar-refractivity contribution is 0.0253. The van der Waals surface area contributed by atoms with Crippen LogP contribution in [0.2, 0.25) is 0 Å². The molecule has 0 bridgehead atoms. The highest BCUT2D eigenvalue weighted by atomic mass is 16.5. The highest BCUT2D eigenvalue weighted by Crippen LogP contribution is 2.35. The molecule has 3 aromatic heterocycles. The van der Waals surface area contributed by atoms with Gasteiger partial charge in [-0.25, -0.2) is 15.0 Å². The molecule has 3 heterocycles. The van der Waals surface area contributed by atoms with Crippen molar-refractivity contribution in [1.82, 2.24) is 19.5 Å². The standard InChI is InChI=1S/C23H24N6O3/c1-12(32-14-5-3-13-4-6-19(25-2)28-17(13)9-14)16-10-18(21(31)20(16)30)29-8-7-15-22(24)26-11-27-23(15)29/h3-12,18,20-21,30-31H,1-2H3,(H,25,28)(H2,24,26,27)/t12?,18?,20?,21-/m1/s1.